The molecule has 0 heterocycles. The van der Waals surface area contributed by atoms with Gasteiger partial charge in [0.15, 0.2) is 0 Å². The van der Waals surface area contributed by atoms with Gasteiger partial charge in [-0.15, -0.1) is 13.2 Å². The number of rotatable bonds is 19. The number of ketones is 1. The third-order valence-corrected chi connectivity index (χ3v) is 8.13. The van der Waals surface area contributed by atoms with Gasteiger partial charge in [0, 0.05) is 6.92 Å². The molecule has 4 atom stereocenters. The SMILES string of the molecule is C=CCC(CC=C)(NC(=O)C(CC1CCCCC1)NC(=O)C(NC(=O)C(CC(C)C)NC(C)=O)[C@H](C)CC)C(=O)C(N)=O. The molecular weight excluding hydrogens is 550 g/mol. The Balaban J connectivity index is 3.38. The largest absolute Gasteiger partial charge is 0.363 e. The van der Waals surface area contributed by atoms with Crippen LogP contribution in [0.1, 0.15) is 98.8 Å². The number of Topliss-reactive ketones (excluding diaryl/α,β-unsaturated/α-hetero) is 1. The maximum absolute atomic E-state index is 13.8. The molecule has 1 saturated carbocycles. The molecule has 0 aliphatic heterocycles. The second-order valence-corrected chi connectivity index (χ2v) is 12.3. The van der Waals surface area contributed by atoms with Crippen LogP contribution >= 0.6 is 0 Å². The fraction of sp³-hybridized carbons (Fsp3) is 0.688. The van der Waals surface area contributed by atoms with Gasteiger partial charge in [0.1, 0.15) is 23.7 Å². The van der Waals surface area contributed by atoms with Crippen LogP contribution in [0.2, 0.25) is 0 Å². The standard InChI is InChI=1S/C32H53N5O6/c1-8-16-32(17-9-2,27(39)28(33)40)37-30(42)25(19-23-14-12-11-13-15-23)35-31(43)26(21(6)10-3)36-29(41)24(18-20(4)5)34-22(7)38/h8-9,20-21,23-26H,1-2,10-19H2,3-7H3,(H2,33,40)(H,34,38)(H,35,43)(H,36,41)(H,37,42)/t21-,24?,25?,26?/m1/s1. The van der Waals surface area contributed by atoms with Crippen molar-refractivity contribution in [3.63, 3.8) is 0 Å². The fourth-order valence-electron chi connectivity index (χ4n) is 5.63. The lowest BCUT2D eigenvalue weighted by molar-refractivity contribution is -0.142. The highest BCUT2D eigenvalue weighted by molar-refractivity contribution is 6.39. The van der Waals surface area contributed by atoms with Crippen LogP contribution in [-0.4, -0.2) is 59.0 Å². The van der Waals surface area contributed by atoms with Crippen LogP contribution in [-0.2, 0) is 28.8 Å². The molecule has 0 spiro atoms. The van der Waals surface area contributed by atoms with E-state index in [0.717, 1.165) is 32.1 Å². The first-order chi connectivity index (χ1) is 20.2. The molecule has 0 aromatic carbocycles. The van der Waals surface area contributed by atoms with Gasteiger partial charge in [0.2, 0.25) is 29.4 Å². The van der Waals surface area contributed by atoms with Crippen LogP contribution in [0.5, 0.6) is 0 Å². The van der Waals surface area contributed by atoms with Gasteiger partial charge in [0.05, 0.1) is 0 Å². The zero-order valence-electron chi connectivity index (χ0n) is 26.6. The smallest absolute Gasteiger partial charge is 0.287 e. The highest BCUT2D eigenvalue weighted by Crippen LogP contribution is 2.28. The molecular formula is C32H53N5O6. The number of hydrogen-bond donors (Lipinski definition) is 5. The van der Waals surface area contributed by atoms with Crippen molar-refractivity contribution in [3.8, 4) is 0 Å². The zero-order chi connectivity index (χ0) is 32.7. The summed E-state index contributed by atoms with van der Waals surface area (Å²) in [5.74, 6) is -4.24. The van der Waals surface area contributed by atoms with Crippen molar-refractivity contribution in [1.29, 1.82) is 0 Å². The summed E-state index contributed by atoms with van der Waals surface area (Å²) >= 11 is 0. The molecule has 0 bridgehead atoms. The Kier molecular flexibility index (Phi) is 15.9. The summed E-state index contributed by atoms with van der Waals surface area (Å²) in [4.78, 5) is 77.6. The lowest BCUT2D eigenvalue weighted by atomic mass is 9.83. The van der Waals surface area contributed by atoms with E-state index in [1.807, 2.05) is 27.7 Å². The molecule has 0 saturated heterocycles. The minimum Gasteiger partial charge on any atom is -0.363 e. The van der Waals surface area contributed by atoms with Gasteiger partial charge in [-0.25, -0.2) is 0 Å². The predicted molar refractivity (Wildman–Crippen MR) is 166 cm³/mol. The highest BCUT2D eigenvalue weighted by Gasteiger charge is 2.43. The van der Waals surface area contributed by atoms with E-state index >= 15 is 0 Å². The lowest BCUT2D eigenvalue weighted by Gasteiger charge is -2.34. The fourth-order valence-corrected chi connectivity index (χ4v) is 5.63. The number of carbonyl (C=O) groups is 6. The third-order valence-electron chi connectivity index (χ3n) is 8.13. The Morgan fingerprint density at radius 2 is 1.44 bits per heavy atom. The van der Waals surface area contributed by atoms with Crippen LogP contribution in [0.25, 0.3) is 0 Å². The lowest BCUT2D eigenvalue weighted by Crippen LogP contribution is -2.63. The Labute approximate surface area is 256 Å². The first-order valence-corrected chi connectivity index (χ1v) is 15.5. The van der Waals surface area contributed by atoms with Gasteiger partial charge in [-0.2, -0.15) is 0 Å². The molecule has 242 valence electrons. The highest BCUT2D eigenvalue weighted by atomic mass is 16.2. The van der Waals surface area contributed by atoms with E-state index in [2.05, 4.69) is 34.4 Å². The Morgan fingerprint density at radius 1 is 0.860 bits per heavy atom. The van der Waals surface area contributed by atoms with Crippen LogP contribution in [0.15, 0.2) is 25.3 Å². The number of hydrogen-bond acceptors (Lipinski definition) is 6. The molecule has 11 nitrogen and oxygen atoms in total. The van der Waals surface area contributed by atoms with Crippen molar-refractivity contribution >= 4 is 35.3 Å². The van der Waals surface area contributed by atoms with E-state index in [0.29, 0.717) is 19.3 Å². The van der Waals surface area contributed by atoms with E-state index < -0.39 is 53.1 Å². The number of amides is 5. The Morgan fingerprint density at radius 3 is 1.91 bits per heavy atom. The molecule has 5 amide bonds. The van der Waals surface area contributed by atoms with Gasteiger partial charge in [-0.3, -0.25) is 28.8 Å². The molecule has 1 rings (SSSR count). The number of nitrogens with two attached hydrogens (primary N) is 1. The number of nitrogens with one attached hydrogen (secondary N) is 4. The minimum absolute atomic E-state index is 0.0669. The topological polar surface area (TPSA) is 177 Å². The van der Waals surface area contributed by atoms with Crippen molar-refractivity contribution in [1.82, 2.24) is 21.3 Å². The Hall–Kier alpha value is -3.50. The van der Waals surface area contributed by atoms with Crippen LogP contribution in [0.3, 0.4) is 0 Å². The number of carbonyl (C=O) groups excluding carboxylic acids is 6. The van der Waals surface area contributed by atoms with Crippen LogP contribution < -0.4 is 27.0 Å². The second-order valence-electron chi connectivity index (χ2n) is 12.3. The first kappa shape index (κ1) is 37.5. The third kappa shape index (κ3) is 12.0. The summed E-state index contributed by atoms with van der Waals surface area (Å²) in [6.45, 7) is 16.2. The Bertz CT molecular complexity index is 1010. The average molecular weight is 604 g/mol. The van der Waals surface area contributed by atoms with E-state index in [9.17, 15) is 28.8 Å². The molecule has 11 heteroatoms. The molecule has 6 N–H and O–H groups in total. The molecule has 0 aromatic heterocycles. The normalized spacial score (nSPS) is 16.6. The summed E-state index contributed by atoms with van der Waals surface area (Å²) in [5, 5.41) is 11.0. The van der Waals surface area contributed by atoms with E-state index in [4.69, 9.17) is 5.73 Å². The van der Waals surface area contributed by atoms with E-state index in [-0.39, 0.29) is 36.5 Å². The van der Waals surface area contributed by atoms with Crippen molar-refractivity contribution < 1.29 is 28.8 Å². The van der Waals surface area contributed by atoms with E-state index in [1.54, 1.807) is 0 Å². The predicted octanol–water partition coefficient (Wildman–Crippen LogP) is 2.58. The van der Waals surface area contributed by atoms with Crippen molar-refractivity contribution in [2.45, 2.75) is 122 Å². The molecule has 1 aliphatic rings. The second kappa shape index (κ2) is 18.2. The number of primary amides is 1. The summed E-state index contributed by atoms with van der Waals surface area (Å²) in [6.07, 6.45) is 8.86. The maximum Gasteiger partial charge on any atom is 0.287 e. The quantitative estimate of drug-likeness (QED) is 0.112. The van der Waals surface area contributed by atoms with Crippen LogP contribution in [0.4, 0.5) is 0 Å². The maximum atomic E-state index is 13.8. The van der Waals surface area contributed by atoms with Gasteiger partial charge in [-0.1, -0.05) is 78.4 Å². The molecule has 43 heavy (non-hydrogen) atoms. The van der Waals surface area contributed by atoms with Crippen molar-refractivity contribution in [2.75, 3.05) is 0 Å². The zero-order valence-corrected chi connectivity index (χ0v) is 26.6. The molecule has 0 radical (unpaired) electrons. The van der Waals surface area contributed by atoms with E-state index in [1.165, 1.54) is 19.1 Å². The monoisotopic (exact) mass is 603 g/mol. The molecule has 1 aliphatic carbocycles. The first-order valence-electron chi connectivity index (χ1n) is 15.5. The van der Waals surface area contributed by atoms with Gasteiger partial charge in [0.25, 0.3) is 5.91 Å². The summed E-state index contributed by atoms with van der Waals surface area (Å²) < 4.78 is 0. The molecule has 1 fully saturated rings. The van der Waals surface area contributed by atoms with Gasteiger partial charge < -0.3 is 27.0 Å². The van der Waals surface area contributed by atoms with Gasteiger partial charge in [-0.05, 0) is 43.4 Å². The average Bonchev–Trinajstić information content (AvgIpc) is 2.94. The molecule has 0 aromatic rings. The minimum atomic E-state index is -1.69. The summed E-state index contributed by atoms with van der Waals surface area (Å²) in [5.41, 5.74) is 3.65. The molecule has 3 unspecified atom stereocenters. The summed E-state index contributed by atoms with van der Waals surface area (Å²) in [6, 6.07) is -2.85. The van der Waals surface area contributed by atoms with Crippen molar-refractivity contribution in [2.24, 2.45) is 23.5 Å². The van der Waals surface area contributed by atoms with Gasteiger partial charge >= 0.3 is 0 Å². The van der Waals surface area contributed by atoms with Crippen LogP contribution in [0, 0.1) is 17.8 Å². The van der Waals surface area contributed by atoms with Crippen molar-refractivity contribution in [3.05, 3.63) is 25.3 Å². The summed E-state index contributed by atoms with van der Waals surface area (Å²) in [7, 11) is 0.